The molecule has 1 saturated heterocycles. The van der Waals surface area contributed by atoms with Crippen molar-refractivity contribution in [3.8, 4) is 22.9 Å². The molecule has 38 heavy (non-hydrogen) atoms. The first-order valence-electron chi connectivity index (χ1n) is 13.0. The van der Waals surface area contributed by atoms with Gasteiger partial charge in [0.25, 0.3) is 0 Å². The molecular formula is C29H32F2N6O. The van der Waals surface area contributed by atoms with E-state index in [4.69, 9.17) is 9.72 Å². The average molecular weight is 519 g/mol. The van der Waals surface area contributed by atoms with Crippen molar-refractivity contribution < 1.29 is 13.5 Å². The van der Waals surface area contributed by atoms with Crippen molar-refractivity contribution in [2.75, 3.05) is 30.3 Å². The minimum atomic E-state index is -2.38. The van der Waals surface area contributed by atoms with Gasteiger partial charge in [-0.25, -0.2) is 23.7 Å². The lowest BCUT2D eigenvalue weighted by molar-refractivity contribution is 0.0926. The molecule has 1 aliphatic heterocycles. The summed E-state index contributed by atoms with van der Waals surface area (Å²) in [5, 5.41) is 11.8. The summed E-state index contributed by atoms with van der Waals surface area (Å²) in [6.07, 6.45) is 3.23. The Labute approximate surface area is 221 Å². The van der Waals surface area contributed by atoms with Gasteiger partial charge in [-0.15, -0.1) is 0 Å². The summed E-state index contributed by atoms with van der Waals surface area (Å²) in [6.45, 7) is 5.60. The number of ether oxygens (including phenoxy) is 1. The molecule has 0 unspecified atom stereocenters. The maximum absolute atomic E-state index is 13.0. The monoisotopic (exact) mass is 518 g/mol. The molecule has 0 aliphatic carbocycles. The quantitative estimate of drug-likeness (QED) is 0.241. The van der Waals surface area contributed by atoms with Crippen molar-refractivity contribution in [3.63, 3.8) is 0 Å². The summed E-state index contributed by atoms with van der Waals surface area (Å²) >= 11 is 0. The minimum Gasteiger partial charge on any atom is -0.437 e. The van der Waals surface area contributed by atoms with E-state index in [1.165, 1.54) is 6.92 Å². The second kappa shape index (κ2) is 11.7. The second-order valence-corrected chi connectivity index (χ2v) is 9.72. The van der Waals surface area contributed by atoms with Crippen molar-refractivity contribution in [1.82, 2.24) is 20.3 Å². The highest BCUT2D eigenvalue weighted by Gasteiger charge is 2.18. The van der Waals surface area contributed by atoms with Gasteiger partial charge in [-0.1, -0.05) is 31.2 Å². The summed E-state index contributed by atoms with van der Waals surface area (Å²) < 4.78 is 32.6. The highest BCUT2D eigenvalue weighted by Crippen LogP contribution is 2.38. The first kappa shape index (κ1) is 25.8. The Morgan fingerprint density at radius 1 is 1.05 bits per heavy atom. The van der Waals surface area contributed by atoms with E-state index in [-0.39, 0.29) is 12.6 Å². The highest BCUT2D eigenvalue weighted by molar-refractivity contribution is 5.98. The number of hydrogen-bond acceptors (Lipinski definition) is 7. The minimum absolute atomic E-state index is 0.173. The van der Waals surface area contributed by atoms with Crippen molar-refractivity contribution in [3.05, 3.63) is 66.5 Å². The third-order valence-corrected chi connectivity index (χ3v) is 6.79. The molecule has 3 N–H and O–H groups in total. The molecule has 9 heteroatoms. The fourth-order valence-corrected chi connectivity index (χ4v) is 4.59. The summed E-state index contributed by atoms with van der Waals surface area (Å²) in [5.41, 5.74) is 3.17. The fourth-order valence-electron chi connectivity index (χ4n) is 4.59. The Morgan fingerprint density at radius 2 is 1.95 bits per heavy atom. The lowest BCUT2D eigenvalue weighted by atomic mass is 10.0. The molecular weight excluding hydrogens is 486 g/mol. The topological polar surface area (TPSA) is 84.0 Å². The summed E-state index contributed by atoms with van der Waals surface area (Å²) in [4.78, 5) is 13.7. The maximum Gasteiger partial charge on any atom is 0.242 e. The van der Waals surface area contributed by atoms with Gasteiger partial charge < -0.3 is 20.7 Å². The molecule has 1 fully saturated rings. The first-order valence-corrected chi connectivity index (χ1v) is 13.0. The number of benzene rings is 2. The third kappa shape index (κ3) is 5.83. The smallest absolute Gasteiger partial charge is 0.242 e. The molecule has 0 saturated carbocycles. The zero-order chi connectivity index (χ0) is 26.5. The molecule has 2 atom stereocenters. The van der Waals surface area contributed by atoms with Crippen LogP contribution < -0.4 is 20.7 Å². The van der Waals surface area contributed by atoms with Gasteiger partial charge in [-0.2, -0.15) is 0 Å². The van der Waals surface area contributed by atoms with Crippen LogP contribution in [0.5, 0.6) is 11.6 Å². The fraction of sp³-hybridized carbons (Fsp3) is 0.345. The van der Waals surface area contributed by atoms with Crippen LogP contribution in [-0.4, -0.2) is 47.1 Å². The van der Waals surface area contributed by atoms with Crippen LogP contribution >= 0.6 is 0 Å². The molecule has 5 rings (SSSR count). The molecule has 0 bridgehead atoms. The van der Waals surface area contributed by atoms with Gasteiger partial charge in [-0.05, 0) is 56.1 Å². The van der Waals surface area contributed by atoms with Crippen LogP contribution in [0.25, 0.3) is 22.0 Å². The van der Waals surface area contributed by atoms with E-state index >= 15 is 0 Å². The Bertz CT molecular complexity index is 1390. The lowest BCUT2D eigenvalue weighted by Gasteiger charge is -2.23. The second-order valence-electron chi connectivity index (χ2n) is 9.72. The van der Waals surface area contributed by atoms with Crippen molar-refractivity contribution >= 4 is 22.4 Å². The predicted molar refractivity (Wildman–Crippen MR) is 147 cm³/mol. The van der Waals surface area contributed by atoms with Crippen LogP contribution in [0.4, 0.5) is 20.4 Å². The Hall–Kier alpha value is -3.85. The van der Waals surface area contributed by atoms with Crippen LogP contribution in [0.15, 0.2) is 60.9 Å². The number of piperidine rings is 1. The number of nitrogens with zero attached hydrogens (tertiary/aromatic N) is 3. The van der Waals surface area contributed by atoms with Gasteiger partial charge in [0.2, 0.25) is 18.3 Å². The molecule has 1 aliphatic rings. The van der Waals surface area contributed by atoms with Crippen LogP contribution in [-0.2, 0) is 0 Å². The Kier molecular flexibility index (Phi) is 7.93. The number of halogens is 2. The molecule has 2 aromatic heterocycles. The first-order chi connectivity index (χ1) is 18.5. The molecule has 0 radical (unpaired) electrons. The molecule has 0 spiro atoms. The Morgan fingerprint density at radius 3 is 2.76 bits per heavy atom. The molecule has 4 aromatic rings. The lowest BCUT2D eigenvalue weighted by Crippen LogP contribution is -2.38. The number of fused-ring (bicyclic) bond motifs is 1. The van der Waals surface area contributed by atoms with E-state index in [1.807, 2.05) is 55.5 Å². The van der Waals surface area contributed by atoms with Crippen molar-refractivity contribution in [2.45, 2.75) is 39.2 Å². The molecule has 198 valence electrons. The van der Waals surface area contributed by atoms with Gasteiger partial charge in [0.15, 0.2) is 0 Å². The van der Waals surface area contributed by atoms with E-state index < -0.39 is 12.3 Å². The maximum atomic E-state index is 13.0. The van der Waals surface area contributed by atoms with E-state index in [0.29, 0.717) is 23.3 Å². The largest absolute Gasteiger partial charge is 0.437 e. The van der Waals surface area contributed by atoms with Gasteiger partial charge in [0.1, 0.15) is 5.75 Å². The van der Waals surface area contributed by atoms with E-state index in [0.717, 1.165) is 53.5 Å². The van der Waals surface area contributed by atoms with Gasteiger partial charge in [0.05, 0.1) is 11.3 Å². The van der Waals surface area contributed by atoms with E-state index in [2.05, 4.69) is 25.9 Å². The van der Waals surface area contributed by atoms with Crippen molar-refractivity contribution in [1.29, 1.82) is 0 Å². The van der Waals surface area contributed by atoms with Gasteiger partial charge in [-0.3, -0.25) is 0 Å². The number of aryl methyl sites for hydroxylation is 1. The standard InChI is InChI=1S/C29H32F2N6O/c1-18-10-11-21-22(7-3-9-24(21)35-16-19(2)27(30)31)26(18)38-28-23(8-5-14-33-28)25-12-15-34-29(37-25)36-20-6-4-13-32-17-20/h3,5,7-12,14-15,19-20,27,32,35H,4,6,13,16-17H2,1-2H3,(H,34,36,37)/t19-,20-/m0/s1. The summed E-state index contributed by atoms with van der Waals surface area (Å²) in [5.74, 6) is 0.899. The van der Waals surface area contributed by atoms with Gasteiger partial charge in [0, 0.05) is 53.9 Å². The molecule has 7 nitrogen and oxygen atoms in total. The van der Waals surface area contributed by atoms with Crippen molar-refractivity contribution in [2.24, 2.45) is 5.92 Å². The predicted octanol–water partition coefficient (Wildman–Crippen LogP) is 6.27. The number of anilines is 2. The van der Waals surface area contributed by atoms with Crippen LogP contribution in [0.1, 0.15) is 25.3 Å². The van der Waals surface area contributed by atoms with E-state index in [1.54, 1.807) is 12.4 Å². The number of alkyl halides is 2. The van der Waals surface area contributed by atoms with E-state index in [9.17, 15) is 8.78 Å². The third-order valence-electron chi connectivity index (χ3n) is 6.79. The normalized spacial score (nSPS) is 16.4. The number of pyridine rings is 1. The molecule has 0 amide bonds. The summed E-state index contributed by atoms with van der Waals surface area (Å²) in [6, 6.07) is 15.6. The number of hydrogen-bond donors (Lipinski definition) is 3. The zero-order valence-corrected chi connectivity index (χ0v) is 21.5. The highest BCUT2D eigenvalue weighted by atomic mass is 19.3. The molecule has 2 aromatic carbocycles. The number of nitrogens with one attached hydrogen (secondary N) is 3. The number of rotatable bonds is 9. The van der Waals surface area contributed by atoms with Crippen LogP contribution in [0.3, 0.4) is 0 Å². The average Bonchev–Trinajstić information content (AvgIpc) is 2.94. The SMILES string of the molecule is Cc1ccc2c(NC[C@H](C)C(F)F)cccc2c1Oc1ncccc1-c1ccnc(N[C@H]2CCCNC2)n1. The van der Waals surface area contributed by atoms with Crippen LogP contribution in [0, 0.1) is 12.8 Å². The molecule has 3 heterocycles. The zero-order valence-electron chi connectivity index (χ0n) is 21.5. The van der Waals surface area contributed by atoms with Gasteiger partial charge >= 0.3 is 0 Å². The summed E-state index contributed by atoms with van der Waals surface area (Å²) in [7, 11) is 0. The number of aromatic nitrogens is 3. The van der Waals surface area contributed by atoms with Crippen LogP contribution in [0.2, 0.25) is 0 Å². The Balaban J connectivity index is 1.45.